The lowest BCUT2D eigenvalue weighted by atomic mass is 10.1. The van der Waals surface area contributed by atoms with Gasteiger partial charge in [-0.25, -0.2) is 0 Å². The van der Waals surface area contributed by atoms with E-state index in [0.29, 0.717) is 5.56 Å². The van der Waals surface area contributed by atoms with Crippen LogP contribution < -0.4 is 0 Å². The molecule has 0 saturated heterocycles. The standard InChI is InChI=1S/C10H7N3O/c11-13-6-10(14)8-5-12-9-4-2-1-3-7(8)9/h1-6,12H. The molecule has 0 aliphatic carbocycles. The first-order chi connectivity index (χ1) is 6.83. The number of aromatic amines is 1. The molecule has 68 valence electrons. The fraction of sp³-hybridized carbons (Fsp3) is 0. The molecule has 0 saturated carbocycles. The summed E-state index contributed by atoms with van der Waals surface area (Å²) in [4.78, 5) is 17.1. The van der Waals surface area contributed by atoms with E-state index in [1.165, 1.54) is 0 Å². The van der Waals surface area contributed by atoms with Gasteiger partial charge in [0.15, 0.2) is 0 Å². The third kappa shape index (κ3) is 1.24. The molecule has 0 radical (unpaired) electrons. The molecule has 1 N–H and O–H groups in total. The maximum absolute atomic E-state index is 11.4. The van der Waals surface area contributed by atoms with Crippen LogP contribution in [-0.4, -0.2) is 21.8 Å². The van der Waals surface area contributed by atoms with E-state index in [4.69, 9.17) is 5.53 Å². The van der Waals surface area contributed by atoms with Gasteiger partial charge in [-0.2, -0.15) is 4.79 Å². The fourth-order valence-electron chi connectivity index (χ4n) is 1.40. The molecule has 1 aromatic heterocycles. The van der Waals surface area contributed by atoms with E-state index in [9.17, 15) is 4.79 Å². The van der Waals surface area contributed by atoms with E-state index in [0.717, 1.165) is 17.1 Å². The summed E-state index contributed by atoms with van der Waals surface area (Å²) in [6.45, 7) is 0. The maximum Gasteiger partial charge on any atom is 0.328 e. The molecule has 1 aromatic carbocycles. The largest absolute Gasteiger partial charge is 0.361 e. The second-order valence-corrected chi connectivity index (χ2v) is 2.86. The molecule has 0 amide bonds. The van der Waals surface area contributed by atoms with Gasteiger partial charge < -0.3 is 10.5 Å². The first-order valence-electron chi connectivity index (χ1n) is 4.11. The second-order valence-electron chi connectivity index (χ2n) is 2.86. The summed E-state index contributed by atoms with van der Waals surface area (Å²) in [5.74, 6) is -0.315. The van der Waals surface area contributed by atoms with Crippen molar-refractivity contribution in [2.24, 2.45) is 0 Å². The number of carbonyl (C=O) groups excluding carboxylic acids is 1. The fourth-order valence-corrected chi connectivity index (χ4v) is 1.40. The van der Waals surface area contributed by atoms with Gasteiger partial charge in [0.2, 0.25) is 0 Å². The molecule has 0 bridgehead atoms. The highest BCUT2D eigenvalue weighted by Gasteiger charge is 2.11. The minimum absolute atomic E-state index is 0.315. The Balaban J connectivity index is 2.64. The summed E-state index contributed by atoms with van der Waals surface area (Å²) in [7, 11) is 0. The van der Waals surface area contributed by atoms with Crippen molar-refractivity contribution < 1.29 is 9.58 Å². The molecule has 0 spiro atoms. The normalized spacial score (nSPS) is 9.71. The molecular weight excluding hydrogens is 178 g/mol. The van der Waals surface area contributed by atoms with Crippen molar-refractivity contribution in [3.63, 3.8) is 0 Å². The summed E-state index contributed by atoms with van der Waals surface area (Å²) in [5.41, 5.74) is 9.65. The Kier molecular flexibility index (Phi) is 1.97. The maximum atomic E-state index is 11.4. The number of benzene rings is 1. The lowest BCUT2D eigenvalue weighted by Gasteiger charge is -1.88. The van der Waals surface area contributed by atoms with Crippen LogP contribution in [0.3, 0.4) is 0 Å². The SMILES string of the molecule is [N-]=[N+]=CC(=O)c1c[nH]c2ccccc12. The molecule has 0 aliphatic rings. The number of carbonyl (C=O) groups is 1. The van der Waals surface area contributed by atoms with Crippen molar-refractivity contribution in [1.29, 1.82) is 0 Å². The summed E-state index contributed by atoms with van der Waals surface area (Å²) >= 11 is 0. The monoisotopic (exact) mass is 185 g/mol. The van der Waals surface area contributed by atoms with Gasteiger partial charge in [0, 0.05) is 17.1 Å². The van der Waals surface area contributed by atoms with Crippen molar-refractivity contribution in [3.05, 3.63) is 41.6 Å². The van der Waals surface area contributed by atoms with Gasteiger partial charge in [-0.15, -0.1) is 0 Å². The zero-order chi connectivity index (χ0) is 9.97. The highest BCUT2D eigenvalue weighted by Crippen LogP contribution is 2.17. The summed E-state index contributed by atoms with van der Waals surface area (Å²) in [6.07, 6.45) is 2.49. The number of Topliss-reactive ketones (excluding diaryl/α,β-unsaturated/α-hetero) is 1. The summed E-state index contributed by atoms with van der Waals surface area (Å²) < 4.78 is 0. The van der Waals surface area contributed by atoms with Crippen molar-refractivity contribution in [2.45, 2.75) is 0 Å². The van der Waals surface area contributed by atoms with Crippen LogP contribution >= 0.6 is 0 Å². The molecule has 0 unspecified atom stereocenters. The first-order valence-corrected chi connectivity index (χ1v) is 4.11. The predicted octanol–water partition coefficient (Wildman–Crippen LogP) is 1.65. The lowest BCUT2D eigenvalue weighted by Crippen LogP contribution is -1.99. The van der Waals surface area contributed by atoms with E-state index >= 15 is 0 Å². The Bertz CT molecular complexity index is 535. The van der Waals surface area contributed by atoms with Crippen molar-refractivity contribution in [2.75, 3.05) is 0 Å². The number of hydrogen-bond acceptors (Lipinski definition) is 1. The van der Waals surface area contributed by atoms with Crippen LogP contribution in [0, 0.1) is 0 Å². The van der Waals surface area contributed by atoms with Crippen LogP contribution in [0.5, 0.6) is 0 Å². The van der Waals surface area contributed by atoms with E-state index in [2.05, 4.69) is 9.77 Å². The van der Waals surface area contributed by atoms with E-state index in [1.807, 2.05) is 24.3 Å². The predicted molar refractivity (Wildman–Crippen MR) is 52.3 cm³/mol. The minimum atomic E-state index is -0.315. The van der Waals surface area contributed by atoms with Crippen LogP contribution in [0.1, 0.15) is 10.4 Å². The smallest absolute Gasteiger partial charge is 0.328 e. The average Bonchev–Trinajstić information content (AvgIpc) is 2.61. The number of aromatic nitrogens is 1. The number of hydrogen-bond donors (Lipinski definition) is 1. The number of nitrogens with zero attached hydrogens (tertiary/aromatic N) is 2. The molecule has 4 heteroatoms. The van der Waals surface area contributed by atoms with E-state index in [1.54, 1.807) is 6.20 Å². The lowest BCUT2D eigenvalue weighted by molar-refractivity contribution is 0.00236. The second kappa shape index (κ2) is 3.28. The van der Waals surface area contributed by atoms with E-state index < -0.39 is 0 Å². The van der Waals surface area contributed by atoms with Crippen LogP contribution in [-0.2, 0) is 0 Å². The molecule has 0 fully saturated rings. The topological polar surface area (TPSA) is 69.3 Å². The number of nitrogens with one attached hydrogen (secondary N) is 1. The number of para-hydroxylation sites is 1. The van der Waals surface area contributed by atoms with Gasteiger partial charge in [0.25, 0.3) is 5.78 Å². The zero-order valence-corrected chi connectivity index (χ0v) is 7.27. The molecule has 0 aliphatic heterocycles. The molecular formula is C10H7N3O. The zero-order valence-electron chi connectivity index (χ0n) is 7.27. The molecule has 14 heavy (non-hydrogen) atoms. The number of H-pyrrole nitrogens is 1. The highest BCUT2D eigenvalue weighted by molar-refractivity contribution is 6.36. The van der Waals surface area contributed by atoms with Crippen molar-refractivity contribution in [3.8, 4) is 0 Å². The van der Waals surface area contributed by atoms with Crippen LogP contribution in [0.2, 0.25) is 0 Å². The van der Waals surface area contributed by atoms with Crippen molar-refractivity contribution in [1.82, 2.24) is 4.98 Å². The average molecular weight is 185 g/mol. The van der Waals surface area contributed by atoms with Gasteiger partial charge in [-0.1, -0.05) is 18.2 Å². The Morgan fingerprint density at radius 1 is 1.43 bits per heavy atom. The number of rotatable bonds is 2. The Labute approximate surface area is 79.8 Å². The van der Waals surface area contributed by atoms with Crippen molar-refractivity contribution >= 4 is 22.9 Å². The summed E-state index contributed by atoms with van der Waals surface area (Å²) in [5, 5.41) is 0.831. The first kappa shape index (κ1) is 8.41. The Morgan fingerprint density at radius 2 is 2.21 bits per heavy atom. The van der Waals surface area contributed by atoms with Crippen LogP contribution in [0.25, 0.3) is 16.4 Å². The van der Waals surface area contributed by atoms with Gasteiger partial charge >= 0.3 is 6.21 Å². The third-order valence-corrected chi connectivity index (χ3v) is 2.03. The highest BCUT2D eigenvalue weighted by atomic mass is 16.1. The Morgan fingerprint density at radius 3 is 3.00 bits per heavy atom. The molecule has 1 heterocycles. The van der Waals surface area contributed by atoms with E-state index in [-0.39, 0.29) is 5.78 Å². The van der Waals surface area contributed by atoms with Gasteiger partial charge in [-0.05, 0) is 6.07 Å². The number of ketones is 1. The van der Waals surface area contributed by atoms with Crippen LogP contribution in [0.15, 0.2) is 30.5 Å². The molecule has 2 aromatic rings. The van der Waals surface area contributed by atoms with Gasteiger partial charge in [0.05, 0.1) is 5.56 Å². The Hall–Kier alpha value is -2.19. The van der Waals surface area contributed by atoms with Gasteiger partial charge in [-0.3, -0.25) is 4.79 Å². The quantitative estimate of drug-likeness (QED) is 0.328. The molecule has 2 rings (SSSR count). The summed E-state index contributed by atoms with van der Waals surface area (Å²) in [6, 6.07) is 7.45. The minimum Gasteiger partial charge on any atom is -0.361 e. The van der Waals surface area contributed by atoms with Crippen LogP contribution in [0.4, 0.5) is 0 Å². The molecule has 0 atom stereocenters. The number of fused-ring (bicyclic) bond motifs is 1. The van der Waals surface area contributed by atoms with Gasteiger partial charge in [0.1, 0.15) is 0 Å². The molecule has 4 nitrogen and oxygen atoms in total. The third-order valence-electron chi connectivity index (χ3n) is 2.03.